The van der Waals surface area contributed by atoms with Crippen LogP contribution in [0.1, 0.15) is 44.0 Å². The van der Waals surface area contributed by atoms with Gasteiger partial charge in [0.1, 0.15) is 0 Å². The fourth-order valence-corrected chi connectivity index (χ4v) is 1.86. The van der Waals surface area contributed by atoms with E-state index in [-0.39, 0.29) is 12.0 Å². The number of nitrogens with two attached hydrogens (primary N) is 1. The SMILES string of the molecule is N[C@H]1CC[C@H](c2nnn(C(F)F)n2)CC1. The average Bonchev–Trinajstić information content (AvgIpc) is 2.68. The van der Waals surface area contributed by atoms with Crippen molar-refractivity contribution in [1.29, 1.82) is 0 Å². The summed E-state index contributed by atoms with van der Waals surface area (Å²) in [5.74, 6) is 0.555. The van der Waals surface area contributed by atoms with Gasteiger partial charge in [0.25, 0.3) is 0 Å². The fraction of sp³-hybridized carbons (Fsp3) is 0.875. The molecule has 0 bridgehead atoms. The van der Waals surface area contributed by atoms with Gasteiger partial charge in [-0.05, 0) is 30.9 Å². The fourth-order valence-electron chi connectivity index (χ4n) is 1.86. The van der Waals surface area contributed by atoms with Crippen LogP contribution in [0.15, 0.2) is 0 Å². The third-order valence-corrected chi connectivity index (χ3v) is 2.76. The molecule has 1 aromatic rings. The number of nitrogens with zero attached hydrogens (tertiary/aromatic N) is 4. The standard InChI is InChI=1S/C8H13F2N5/c9-8(10)15-13-7(12-14-15)5-1-3-6(11)4-2-5/h5-6,8H,1-4,11H2/t5-,6-. The van der Waals surface area contributed by atoms with E-state index in [9.17, 15) is 8.78 Å². The molecule has 0 atom stereocenters. The van der Waals surface area contributed by atoms with Crippen LogP contribution in [-0.4, -0.2) is 26.2 Å². The van der Waals surface area contributed by atoms with E-state index in [0.717, 1.165) is 25.7 Å². The molecule has 1 aliphatic rings. The smallest absolute Gasteiger partial charge is 0.328 e. The van der Waals surface area contributed by atoms with Gasteiger partial charge in [0.05, 0.1) is 0 Å². The molecule has 0 unspecified atom stereocenters. The van der Waals surface area contributed by atoms with E-state index in [1.807, 2.05) is 0 Å². The molecule has 0 saturated heterocycles. The summed E-state index contributed by atoms with van der Waals surface area (Å²) >= 11 is 0. The van der Waals surface area contributed by atoms with Gasteiger partial charge < -0.3 is 5.73 Å². The van der Waals surface area contributed by atoms with Crippen molar-refractivity contribution in [2.24, 2.45) is 5.73 Å². The minimum Gasteiger partial charge on any atom is -0.328 e. The highest BCUT2D eigenvalue weighted by molar-refractivity contribution is 4.94. The molecule has 1 heterocycles. The third kappa shape index (κ3) is 2.28. The van der Waals surface area contributed by atoms with Gasteiger partial charge in [-0.25, -0.2) is 0 Å². The monoisotopic (exact) mass is 217 g/mol. The lowest BCUT2D eigenvalue weighted by Gasteiger charge is -2.23. The summed E-state index contributed by atoms with van der Waals surface area (Å²) in [5, 5.41) is 10.6. The van der Waals surface area contributed by atoms with Gasteiger partial charge in [0.2, 0.25) is 0 Å². The van der Waals surface area contributed by atoms with E-state index in [1.54, 1.807) is 0 Å². The van der Waals surface area contributed by atoms with E-state index < -0.39 is 6.55 Å². The molecule has 0 amide bonds. The number of halogens is 2. The minimum absolute atomic E-state index is 0.136. The van der Waals surface area contributed by atoms with E-state index in [0.29, 0.717) is 10.6 Å². The number of aromatic nitrogens is 4. The Labute approximate surface area is 85.6 Å². The van der Waals surface area contributed by atoms with Gasteiger partial charge in [-0.1, -0.05) is 4.80 Å². The highest BCUT2D eigenvalue weighted by Gasteiger charge is 2.24. The van der Waals surface area contributed by atoms with Crippen molar-refractivity contribution >= 4 is 0 Å². The molecule has 84 valence electrons. The average molecular weight is 217 g/mol. The molecule has 1 aromatic heterocycles. The maximum atomic E-state index is 12.2. The summed E-state index contributed by atoms with van der Waals surface area (Å²) in [4.78, 5) is 0.351. The van der Waals surface area contributed by atoms with Crippen LogP contribution in [0.5, 0.6) is 0 Å². The molecule has 7 heteroatoms. The molecule has 0 aliphatic heterocycles. The first-order valence-corrected chi connectivity index (χ1v) is 5.00. The van der Waals surface area contributed by atoms with Crippen LogP contribution in [0, 0.1) is 0 Å². The molecule has 0 aromatic carbocycles. The maximum Gasteiger partial charge on any atom is 0.350 e. The molecule has 1 fully saturated rings. The van der Waals surface area contributed by atoms with Gasteiger partial charge in [-0.2, -0.15) is 8.78 Å². The molecule has 2 rings (SSSR count). The predicted octanol–water partition coefficient (Wildman–Crippen LogP) is 1.05. The first kappa shape index (κ1) is 10.4. The van der Waals surface area contributed by atoms with E-state index in [4.69, 9.17) is 5.73 Å². The van der Waals surface area contributed by atoms with Gasteiger partial charge in [-0.3, -0.25) is 0 Å². The third-order valence-electron chi connectivity index (χ3n) is 2.76. The molecule has 1 saturated carbocycles. The van der Waals surface area contributed by atoms with Crippen molar-refractivity contribution in [3.05, 3.63) is 5.82 Å². The number of hydrogen-bond acceptors (Lipinski definition) is 4. The van der Waals surface area contributed by atoms with Crippen LogP contribution in [0.2, 0.25) is 0 Å². The number of rotatable bonds is 2. The van der Waals surface area contributed by atoms with Gasteiger partial charge in [0, 0.05) is 12.0 Å². The Morgan fingerprint density at radius 2 is 1.93 bits per heavy atom. The first-order chi connectivity index (χ1) is 7.16. The second-order valence-corrected chi connectivity index (χ2v) is 3.86. The molecule has 0 radical (unpaired) electrons. The number of hydrogen-bond donors (Lipinski definition) is 1. The molecular weight excluding hydrogens is 204 g/mol. The van der Waals surface area contributed by atoms with Crippen molar-refractivity contribution in [3.63, 3.8) is 0 Å². The van der Waals surface area contributed by atoms with Crippen LogP contribution in [0.25, 0.3) is 0 Å². The second kappa shape index (κ2) is 4.18. The van der Waals surface area contributed by atoms with Crippen LogP contribution in [-0.2, 0) is 0 Å². The Balaban J connectivity index is 2.03. The lowest BCUT2D eigenvalue weighted by Crippen LogP contribution is -2.26. The summed E-state index contributed by atoms with van der Waals surface area (Å²) in [5.41, 5.74) is 5.75. The van der Waals surface area contributed by atoms with E-state index >= 15 is 0 Å². The Morgan fingerprint density at radius 1 is 1.27 bits per heavy atom. The Hall–Kier alpha value is -1.11. The first-order valence-electron chi connectivity index (χ1n) is 5.00. The molecule has 1 aliphatic carbocycles. The van der Waals surface area contributed by atoms with Gasteiger partial charge in [-0.15, -0.1) is 10.2 Å². The maximum absolute atomic E-state index is 12.2. The second-order valence-electron chi connectivity index (χ2n) is 3.86. The predicted molar refractivity (Wildman–Crippen MR) is 48.3 cm³/mol. The highest BCUT2D eigenvalue weighted by atomic mass is 19.3. The molecular formula is C8H13F2N5. The zero-order chi connectivity index (χ0) is 10.8. The summed E-state index contributed by atoms with van der Waals surface area (Å²) in [6, 6.07) is 0.228. The quantitative estimate of drug-likeness (QED) is 0.803. The molecule has 0 spiro atoms. The Morgan fingerprint density at radius 3 is 2.47 bits per heavy atom. The van der Waals surface area contributed by atoms with Crippen molar-refractivity contribution < 1.29 is 8.78 Å². The highest BCUT2D eigenvalue weighted by Crippen LogP contribution is 2.29. The number of tetrazole rings is 1. The largest absolute Gasteiger partial charge is 0.350 e. The van der Waals surface area contributed by atoms with E-state index in [2.05, 4.69) is 15.4 Å². The van der Waals surface area contributed by atoms with Crippen molar-refractivity contribution in [1.82, 2.24) is 20.2 Å². The Bertz CT molecular complexity index is 319. The van der Waals surface area contributed by atoms with E-state index in [1.165, 1.54) is 0 Å². The van der Waals surface area contributed by atoms with Crippen molar-refractivity contribution in [2.45, 2.75) is 44.2 Å². The van der Waals surface area contributed by atoms with Crippen LogP contribution in [0.4, 0.5) is 8.78 Å². The lowest BCUT2D eigenvalue weighted by molar-refractivity contribution is 0.0392. The molecule has 2 N–H and O–H groups in total. The zero-order valence-corrected chi connectivity index (χ0v) is 8.18. The normalized spacial score (nSPS) is 27.2. The Kier molecular flexibility index (Phi) is 2.90. The summed E-state index contributed by atoms with van der Waals surface area (Å²) in [6.45, 7) is -2.71. The van der Waals surface area contributed by atoms with Crippen LogP contribution < -0.4 is 5.73 Å². The summed E-state index contributed by atoms with van der Waals surface area (Å²) in [7, 11) is 0. The number of alkyl halides is 2. The summed E-state index contributed by atoms with van der Waals surface area (Å²) < 4.78 is 24.4. The molecule has 15 heavy (non-hydrogen) atoms. The van der Waals surface area contributed by atoms with Crippen molar-refractivity contribution in [2.75, 3.05) is 0 Å². The zero-order valence-electron chi connectivity index (χ0n) is 8.18. The van der Waals surface area contributed by atoms with Crippen LogP contribution >= 0.6 is 0 Å². The van der Waals surface area contributed by atoms with Gasteiger partial charge >= 0.3 is 6.55 Å². The van der Waals surface area contributed by atoms with Crippen LogP contribution in [0.3, 0.4) is 0 Å². The lowest BCUT2D eigenvalue weighted by atomic mass is 9.86. The molecule has 5 nitrogen and oxygen atoms in total. The minimum atomic E-state index is -2.71. The van der Waals surface area contributed by atoms with Crippen molar-refractivity contribution in [3.8, 4) is 0 Å². The topological polar surface area (TPSA) is 69.6 Å². The van der Waals surface area contributed by atoms with Gasteiger partial charge in [0.15, 0.2) is 5.82 Å². The summed E-state index contributed by atoms with van der Waals surface area (Å²) in [6.07, 6.45) is 3.51.